The van der Waals surface area contributed by atoms with Crippen LogP contribution in [0.5, 0.6) is 0 Å². The van der Waals surface area contributed by atoms with Crippen LogP contribution in [-0.4, -0.2) is 29.4 Å². The molecule has 4 aromatic rings. The van der Waals surface area contributed by atoms with E-state index in [1.165, 1.54) is 0 Å². The maximum Gasteiger partial charge on any atom is 0.270 e. The fraction of sp³-hybridized carbons (Fsp3) is 0.405. The van der Waals surface area contributed by atoms with Crippen LogP contribution in [0.2, 0.25) is 0 Å². The average molecular weight is 635 g/mol. The Morgan fingerprint density at radius 3 is 1.38 bits per heavy atom. The maximum atomic E-state index is 11.7. The second kappa shape index (κ2) is 14.0. The molecule has 2 aromatic carbocycles. The Morgan fingerprint density at radius 2 is 1.04 bits per heavy atom. The normalized spacial score (nSPS) is 11.4. The van der Waals surface area contributed by atoms with Crippen molar-refractivity contribution in [2.75, 3.05) is 0 Å². The maximum absolute atomic E-state index is 11.7. The third-order valence-corrected chi connectivity index (χ3v) is 7.31. The number of hydrogen-bond acceptors (Lipinski definition) is 6. The highest BCUT2D eigenvalue weighted by Gasteiger charge is 2.20. The Bertz CT molecular complexity index is 1790. The molecule has 0 unspecified atom stereocenters. The van der Waals surface area contributed by atoms with E-state index in [0.29, 0.717) is 24.2 Å². The molecule has 0 spiro atoms. The summed E-state index contributed by atoms with van der Waals surface area (Å²) in [5.41, 5.74) is 5.72. The fourth-order valence-electron chi connectivity index (χ4n) is 5.11. The minimum atomic E-state index is -0.389. The van der Waals surface area contributed by atoms with E-state index in [2.05, 4.69) is 33.9 Å². The van der Waals surface area contributed by atoms with Crippen LogP contribution >= 0.6 is 0 Å². The summed E-state index contributed by atoms with van der Waals surface area (Å²) in [7, 11) is 3.64. The van der Waals surface area contributed by atoms with E-state index >= 15 is 0 Å². The molecule has 0 fully saturated rings. The zero-order chi connectivity index (χ0) is 34.5. The average Bonchev–Trinajstić information content (AvgIpc) is 3.55. The van der Waals surface area contributed by atoms with Crippen LogP contribution in [0.4, 0.5) is 11.4 Å². The third-order valence-electron chi connectivity index (χ3n) is 7.31. The van der Waals surface area contributed by atoms with E-state index < -0.39 is 0 Å². The SMILES string of the molecule is Cn1cc(C#CC(C)(C)C)c(-c2cc([N+](=O)[O-])ccc2CCCCCc2ccc([N+](=O)[O-])cc2-c2nn(C)cc2C#CC(C)(C)C)n1. The zero-order valence-corrected chi connectivity index (χ0v) is 28.5. The van der Waals surface area contributed by atoms with Crippen molar-refractivity contribution in [3.63, 3.8) is 0 Å². The predicted molar refractivity (Wildman–Crippen MR) is 185 cm³/mol. The summed E-state index contributed by atoms with van der Waals surface area (Å²) in [5, 5.41) is 32.6. The first-order valence-electron chi connectivity index (χ1n) is 15.7. The molecule has 0 atom stereocenters. The minimum absolute atomic E-state index is 0.0101. The lowest BCUT2D eigenvalue weighted by atomic mass is 9.93. The van der Waals surface area contributed by atoms with Gasteiger partial charge in [-0.1, -0.05) is 42.2 Å². The molecule has 0 N–H and O–H groups in total. The second-order valence-corrected chi connectivity index (χ2v) is 13.9. The Kier molecular flexibility index (Phi) is 10.4. The Morgan fingerprint density at radius 1 is 0.660 bits per heavy atom. The molecule has 2 aromatic heterocycles. The van der Waals surface area contributed by atoms with Gasteiger partial charge in [-0.05, 0) is 78.4 Å². The molecule has 4 rings (SSSR count). The monoisotopic (exact) mass is 634 g/mol. The van der Waals surface area contributed by atoms with Gasteiger partial charge in [-0.15, -0.1) is 0 Å². The number of non-ortho nitro benzene ring substituents is 2. The number of aryl methyl sites for hydroxylation is 4. The van der Waals surface area contributed by atoms with Gasteiger partial charge >= 0.3 is 0 Å². The van der Waals surface area contributed by atoms with Crippen molar-refractivity contribution >= 4 is 11.4 Å². The molecule has 0 aliphatic carbocycles. The summed E-state index contributed by atoms with van der Waals surface area (Å²) in [4.78, 5) is 22.6. The van der Waals surface area contributed by atoms with Crippen molar-refractivity contribution < 1.29 is 9.85 Å². The number of nitro benzene ring substituents is 2. The first-order valence-corrected chi connectivity index (χ1v) is 15.7. The van der Waals surface area contributed by atoms with Gasteiger partial charge < -0.3 is 0 Å². The van der Waals surface area contributed by atoms with Gasteiger partial charge in [0.25, 0.3) is 11.4 Å². The van der Waals surface area contributed by atoms with E-state index in [1.54, 1.807) is 33.6 Å². The van der Waals surface area contributed by atoms with Gasteiger partial charge in [-0.3, -0.25) is 29.6 Å². The van der Waals surface area contributed by atoms with Gasteiger partial charge in [-0.25, -0.2) is 0 Å². The van der Waals surface area contributed by atoms with Gasteiger partial charge in [0.15, 0.2) is 0 Å². The molecule has 0 radical (unpaired) electrons. The van der Waals surface area contributed by atoms with Crippen LogP contribution in [0.25, 0.3) is 22.5 Å². The van der Waals surface area contributed by atoms with Crippen molar-refractivity contribution in [1.82, 2.24) is 19.6 Å². The highest BCUT2D eigenvalue weighted by atomic mass is 16.6. The summed E-state index contributed by atoms with van der Waals surface area (Å²) in [6.07, 6.45) is 7.67. The molecule has 0 bridgehead atoms. The first kappa shape index (κ1) is 34.6. The second-order valence-electron chi connectivity index (χ2n) is 13.9. The Labute approximate surface area is 276 Å². The van der Waals surface area contributed by atoms with E-state index in [-0.39, 0.29) is 32.1 Å². The highest BCUT2D eigenvalue weighted by Crippen LogP contribution is 2.33. The Hall–Kier alpha value is -5.22. The van der Waals surface area contributed by atoms with Crippen LogP contribution in [0, 0.1) is 54.7 Å². The van der Waals surface area contributed by atoms with Crippen LogP contribution < -0.4 is 0 Å². The van der Waals surface area contributed by atoms with Gasteiger partial charge in [-0.2, -0.15) is 10.2 Å². The van der Waals surface area contributed by atoms with Crippen molar-refractivity contribution in [2.24, 2.45) is 24.9 Å². The van der Waals surface area contributed by atoms with Gasteiger partial charge in [0.05, 0.1) is 21.0 Å². The predicted octanol–water partition coefficient (Wildman–Crippen LogP) is 8.05. The summed E-state index contributed by atoms with van der Waals surface area (Å²) in [6, 6.07) is 9.90. The Balaban J connectivity index is 1.56. The lowest BCUT2D eigenvalue weighted by molar-refractivity contribution is -0.385. The number of hydrogen-bond donors (Lipinski definition) is 0. The van der Waals surface area contributed by atoms with Gasteiger partial charge in [0.1, 0.15) is 11.4 Å². The van der Waals surface area contributed by atoms with Crippen molar-refractivity contribution in [3.8, 4) is 46.2 Å². The van der Waals surface area contributed by atoms with Crippen LogP contribution in [0.3, 0.4) is 0 Å². The number of aromatic nitrogens is 4. The third kappa shape index (κ3) is 9.40. The lowest BCUT2D eigenvalue weighted by Crippen LogP contribution is -2.00. The van der Waals surface area contributed by atoms with Crippen molar-refractivity contribution in [1.29, 1.82) is 0 Å². The first-order chi connectivity index (χ1) is 22.0. The van der Waals surface area contributed by atoms with Gasteiger partial charge in [0.2, 0.25) is 0 Å². The molecular formula is C37H42N6O4. The van der Waals surface area contributed by atoms with Crippen molar-refractivity contribution in [2.45, 2.75) is 73.6 Å². The standard InChI is InChI=1S/C37H42N6O4/c1-36(2,3)20-18-28-24-40(7)38-34(28)32-22-30(42(44)45)16-14-26(32)12-10-9-11-13-27-15-17-31(43(46)47)23-33(27)35-29(25-41(8)39-35)19-21-37(4,5)6/h14-17,22-25H,9-13H2,1-8H3. The molecule has 244 valence electrons. The van der Waals surface area contributed by atoms with Crippen LogP contribution in [0.15, 0.2) is 48.8 Å². The van der Waals surface area contributed by atoms with Gasteiger partial charge in [0, 0.05) is 72.7 Å². The largest absolute Gasteiger partial charge is 0.274 e. The molecule has 0 saturated heterocycles. The zero-order valence-electron chi connectivity index (χ0n) is 28.5. The summed E-state index contributed by atoms with van der Waals surface area (Å²) in [6.45, 7) is 12.2. The smallest absolute Gasteiger partial charge is 0.270 e. The molecule has 0 amide bonds. The van der Waals surface area contributed by atoms with E-state index in [9.17, 15) is 20.2 Å². The molecule has 0 saturated carbocycles. The molecule has 2 heterocycles. The number of unbranched alkanes of at least 4 members (excludes halogenated alkanes) is 2. The molecule has 10 nitrogen and oxygen atoms in total. The molecular weight excluding hydrogens is 592 g/mol. The molecule has 10 heteroatoms. The summed E-state index contributed by atoms with van der Waals surface area (Å²) in [5.74, 6) is 13.0. The lowest BCUT2D eigenvalue weighted by Gasteiger charge is -2.11. The number of rotatable bonds is 10. The number of nitro groups is 2. The molecule has 0 aliphatic heterocycles. The number of nitrogens with zero attached hydrogens (tertiary/aromatic N) is 6. The van der Waals surface area contributed by atoms with Crippen LogP contribution in [-0.2, 0) is 26.9 Å². The van der Waals surface area contributed by atoms with E-state index in [4.69, 9.17) is 0 Å². The number of benzene rings is 2. The fourth-order valence-corrected chi connectivity index (χ4v) is 5.11. The summed E-state index contributed by atoms with van der Waals surface area (Å²) < 4.78 is 3.38. The minimum Gasteiger partial charge on any atom is -0.274 e. The van der Waals surface area contributed by atoms with E-state index in [1.807, 2.05) is 80.2 Å². The van der Waals surface area contributed by atoms with E-state index in [0.717, 1.165) is 52.6 Å². The highest BCUT2D eigenvalue weighted by molar-refractivity contribution is 5.73. The quantitative estimate of drug-likeness (QED) is 0.0753. The topological polar surface area (TPSA) is 122 Å². The van der Waals surface area contributed by atoms with Crippen LogP contribution in [0.1, 0.15) is 83.1 Å². The molecule has 0 aliphatic rings. The van der Waals surface area contributed by atoms with Crippen molar-refractivity contribution in [3.05, 3.63) is 91.3 Å². The summed E-state index contributed by atoms with van der Waals surface area (Å²) >= 11 is 0. The molecule has 47 heavy (non-hydrogen) atoms.